The number of hydrogen-bond acceptors (Lipinski definition) is 5. The zero-order valence-electron chi connectivity index (χ0n) is 13.0. The Morgan fingerprint density at radius 1 is 1.20 bits per heavy atom. The van der Waals surface area contributed by atoms with Gasteiger partial charge in [-0.25, -0.2) is 14.2 Å². The van der Waals surface area contributed by atoms with E-state index >= 15 is 0 Å². The third-order valence-corrected chi connectivity index (χ3v) is 3.92. The van der Waals surface area contributed by atoms with E-state index < -0.39 is 17.8 Å². The summed E-state index contributed by atoms with van der Waals surface area (Å²) in [5, 5.41) is 9.70. The first-order valence-corrected chi connectivity index (χ1v) is 8.03. The summed E-state index contributed by atoms with van der Waals surface area (Å²) in [5.74, 6) is -0.704. The Kier molecular flexibility index (Phi) is 4.75. The molecule has 3 amide bonds. The fourth-order valence-electron chi connectivity index (χ4n) is 2.05. The number of aromatic nitrogens is 1. The average Bonchev–Trinajstić information content (AvgIpc) is 3.22. The number of amides is 3. The number of carbonyl (C=O) groups is 2. The van der Waals surface area contributed by atoms with Gasteiger partial charge >= 0.3 is 6.03 Å². The van der Waals surface area contributed by atoms with Gasteiger partial charge in [0.25, 0.3) is 5.91 Å². The molecule has 3 rings (SSSR count). The summed E-state index contributed by atoms with van der Waals surface area (Å²) in [4.78, 5) is 28.0. The summed E-state index contributed by atoms with van der Waals surface area (Å²) in [6.07, 6.45) is 2.94. The highest BCUT2D eigenvalue weighted by Crippen LogP contribution is 2.21. The van der Waals surface area contributed by atoms with Gasteiger partial charge in [0, 0.05) is 17.3 Å². The lowest BCUT2D eigenvalue weighted by molar-refractivity contribution is 0.102. The van der Waals surface area contributed by atoms with Crippen molar-refractivity contribution < 1.29 is 18.4 Å². The molecule has 0 atom stereocenters. The summed E-state index contributed by atoms with van der Waals surface area (Å²) in [6.45, 7) is 1.63. The van der Waals surface area contributed by atoms with Crippen molar-refractivity contribution in [2.75, 3.05) is 16.0 Å². The molecule has 0 bridgehead atoms. The topological polar surface area (TPSA) is 96.3 Å². The lowest BCUT2D eigenvalue weighted by Crippen LogP contribution is -2.19. The van der Waals surface area contributed by atoms with Crippen molar-refractivity contribution in [2.24, 2.45) is 0 Å². The van der Waals surface area contributed by atoms with Gasteiger partial charge in [0.15, 0.2) is 5.13 Å². The molecule has 0 saturated carbocycles. The fourth-order valence-corrected chi connectivity index (χ4v) is 2.58. The molecule has 1 aromatic carbocycles. The van der Waals surface area contributed by atoms with Crippen molar-refractivity contribution in [3.63, 3.8) is 0 Å². The first-order valence-electron chi connectivity index (χ1n) is 7.15. The molecule has 3 aromatic rings. The third-order valence-electron chi connectivity index (χ3n) is 3.23. The zero-order valence-corrected chi connectivity index (χ0v) is 13.8. The van der Waals surface area contributed by atoms with E-state index in [1.54, 1.807) is 18.5 Å². The molecule has 3 N–H and O–H groups in total. The zero-order chi connectivity index (χ0) is 17.8. The molecule has 0 saturated heterocycles. The molecule has 0 fully saturated rings. The minimum absolute atomic E-state index is 0.0577. The molecule has 0 spiro atoms. The number of hydrogen-bond donors (Lipinski definition) is 3. The van der Waals surface area contributed by atoms with Gasteiger partial charge < -0.3 is 15.1 Å². The first-order chi connectivity index (χ1) is 12.0. The van der Waals surface area contributed by atoms with Crippen LogP contribution in [-0.2, 0) is 0 Å². The number of halogens is 1. The van der Waals surface area contributed by atoms with Crippen molar-refractivity contribution in [3.8, 4) is 0 Å². The highest BCUT2D eigenvalue weighted by Gasteiger charge is 2.14. The van der Waals surface area contributed by atoms with Crippen LogP contribution < -0.4 is 16.0 Å². The molecule has 0 aliphatic heterocycles. The van der Waals surface area contributed by atoms with Gasteiger partial charge in [-0.2, -0.15) is 0 Å². The first kappa shape index (κ1) is 16.7. The van der Waals surface area contributed by atoms with Crippen LogP contribution in [0.2, 0.25) is 0 Å². The van der Waals surface area contributed by atoms with Gasteiger partial charge in [0.05, 0.1) is 17.5 Å². The van der Waals surface area contributed by atoms with Crippen LogP contribution >= 0.6 is 11.3 Å². The number of thiazole rings is 1. The molecule has 25 heavy (non-hydrogen) atoms. The Hall–Kier alpha value is -3.20. The van der Waals surface area contributed by atoms with Crippen LogP contribution in [0.5, 0.6) is 0 Å². The summed E-state index contributed by atoms with van der Waals surface area (Å²) >= 11 is 1.27. The van der Waals surface area contributed by atoms with Crippen LogP contribution in [-0.4, -0.2) is 16.9 Å². The van der Waals surface area contributed by atoms with E-state index in [1.165, 1.54) is 35.8 Å². The van der Waals surface area contributed by atoms with E-state index in [9.17, 15) is 14.0 Å². The van der Waals surface area contributed by atoms with Crippen molar-refractivity contribution >= 4 is 39.8 Å². The summed E-state index contributed by atoms with van der Waals surface area (Å²) in [5.41, 5.74) is 0.562. The second-order valence-corrected chi connectivity index (χ2v) is 5.85. The maximum absolute atomic E-state index is 13.9. The largest absolute Gasteiger partial charge is 0.469 e. The number of carbonyl (C=O) groups excluding carboxylic acids is 2. The van der Waals surface area contributed by atoms with E-state index in [-0.39, 0.29) is 5.69 Å². The SMILES string of the molecule is Cc1occc1C(=O)Nc1cc(NC(=O)Nc2nccs2)ccc1F. The number of rotatable bonds is 4. The van der Waals surface area contributed by atoms with Gasteiger partial charge in [-0.3, -0.25) is 10.1 Å². The molecule has 0 unspecified atom stereocenters. The summed E-state index contributed by atoms with van der Waals surface area (Å²) in [7, 11) is 0. The summed E-state index contributed by atoms with van der Waals surface area (Å²) < 4.78 is 19.0. The molecule has 128 valence electrons. The maximum atomic E-state index is 13.9. The van der Waals surface area contributed by atoms with E-state index in [4.69, 9.17) is 4.42 Å². The normalized spacial score (nSPS) is 10.3. The number of anilines is 3. The number of urea groups is 1. The lowest BCUT2D eigenvalue weighted by atomic mass is 10.2. The van der Waals surface area contributed by atoms with Crippen LogP contribution in [0.15, 0.2) is 46.5 Å². The predicted octanol–water partition coefficient (Wildman–Crippen LogP) is 4.08. The van der Waals surface area contributed by atoms with Crippen LogP contribution in [0.4, 0.5) is 25.7 Å². The average molecular weight is 360 g/mol. The smallest absolute Gasteiger partial charge is 0.325 e. The van der Waals surface area contributed by atoms with E-state index in [1.807, 2.05) is 0 Å². The van der Waals surface area contributed by atoms with Crippen molar-refractivity contribution in [2.45, 2.75) is 6.92 Å². The van der Waals surface area contributed by atoms with E-state index in [2.05, 4.69) is 20.9 Å². The Morgan fingerprint density at radius 3 is 2.72 bits per heavy atom. The molecule has 9 heteroatoms. The van der Waals surface area contributed by atoms with Crippen molar-refractivity contribution in [3.05, 3.63) is 59.2 Å². The lowest BCUT2D eigenvalue weighted by Gasteiger charge is -2.10. The van der Waals surface area contributed by atoms with Crippen LogP contribution in [0, 0.1) is 12.7 Å². The highest BCUT2D eigenvalue weighted by molar-refractivity contribution is 7.13. The van der Waals surface area contributed by atoms with Gasteiger partial charge in [0.1, 0.15) is 11.6 Å². The number of benzene rings is 1. The minimum Gasteiger partial charge on any atom is -0.469 e. The third kappa shape index (κ3) is 4.01. The fraction of sp³-hybridized carbons (Fsp3) is 0.0625. The van der Waals surface area contributed by atoms with Crippen LogP contribution in [0.1, 0.15) is 16.1 Å². The number of aryl methyl sites for hydroxylation is 1. The molecule has 0 radical (unpaired) electrons. The van der Waals surface area contributed by atoms with Gasteiger partial charge in [-0.1, -0.05) is 0 Å². The molecule has 0 aliphatic rings. The number of furan rings is 1. The Balaban J connectivity index is 1.71. The molecule has 2 heterocycles. The van der Waals surface area contributed by atoms with Crippen LogP contribution in [0.3, 0.4) is 0 Å². The molecule has 7 nitrogen and oxygen atoms in total. The van der Waals surface area contributed by atoms with Crippen LogP contribution in [0.25, 0.3) is 0 Å². The molecular formula is C16H13FN4O3S. The second kappa shape index (κ2) is 7.14. The second-order valence-electron chi connectivity index (χ2n) is 4.96. The molecular weight excluding hydrogens is 347 g/mol. The predicted molar refractivity (Wildman–Crippen MR) is 92.6 cm³/mol. The minimum atomic E-state index is -0.625. The van der Waals surface area contributed by atoms with Gasteiger partial charge in [-0.05, 0) is 31.2 Å². The number of nitrogens with zero attached hydrogens (tertiary/aromatic N) is 1. The molecule has 0 aliphatic carbocycles. The van der Waals surface area contributed by atoms with Crippen molar-refractivity contribution in [1.29, 1.82) is 0 Å². The number of nitrogens with one attached hydrogen (secondary N) is 3. The monoisotopic (exact) mass is 360 g/mol. The van der Waals surface area contributed by atoms with Gasteiger partial charge in [-0.15, -0.1) is 11.3 Å². The van der Waals surface area contributed by atoms with Gasteiger partial charge in [0.2, 0.25) is 0 Å². The standard InChI is InChI=1S/C16H13FN4O3S/c1-9-11(4-6-24-9)14(22)20-13-8-10(2-3-12(13)17)19-15(23)21-16-18-5-7-25-16/h2-8H,1H3,(H,20,22)(H2,18,19,21,23). The maximum Gasteiger partial charge on any atom is 0.325 e. The van der Waals surface area contributed by atoms with E-state index in [0.717, 1.165) is 6.07 Å². The highest BCUT2D eigenvalue weighted by atomic mass is 32.1. The van der Waals surface area contributed by atoms with Crippen molar-refractivity contribution in [1.82, 2.24) is 4.98 Å². The Bertz CT molecular complexity index is 908. The Labute approximate surface area is 145 Å². The Morgan fingerprint density at radius 2 is 2.04 bits per heavy atom. The quantitative estimate of drug-likeness (QED) is 0.653. The summed E-state index contributed by atoms with van der Waals surface area (Å²) in [6, 6.07) is 4.83. The molecule has 2 aromatic heterocycles. The van der Waals surface area contributed by atoms with E-state index in [0.29, 0.717) is 22.1 Å².